The SMILES string of the molecule is CCc1cn(-c2cccc(C(F)(F)F)c2)c(=NC(=O)CC(C)C)s1. The molecule has 0 bridgehead atoms. The number of hydrogen-bond acceptors (Lipinski definition) is 2. The molecule has 1 amide bonds. The number of rotatable bonds is 4. The number of nitrogens with zero attached hydrogens (tertiary/aromatic N) is 2. The molecular weight excluding hydrogens is 337 g/mol. The number of amides is 1. The standard InChI is InChI=1S/C17H19F3N2OS/c1-4-14-10-22(16(24-14)21-15(23)8-11(2)3)13-7-5-6-12(9-13)17(18,19)20/h5-7,9-11H,4,8H2,1-3H3. The van der Waals surface area contributed by atoms with Gasteiger partial charge in [0.2, 0.25) is 5.91 Å². The lowest BCUT2D eigenvalue weighted by Gasteiger charge is -2.09. The molecule has 0 N–H and O–H groups in total. The lowest BCUT2D eigenvalue weighted by molar-refractivity contribution is -0.137. The Bertz CT molecular complexity index is 788. The maximum absolute atomic E-state index is 12.9. The monoisotopic (exact) mass is 356 g/mol. The summed E-state index contributed by atoms with van der Waals surface area (Å²) in [6.07, 6.45) is -1.65. The Kier molecular flexibility index (Phi) is 5.64. The van der Waals surface area contributed by atoms with E-state index in [1.165, 1.54) is 17.4 Å². The van der Waals surface area contributed by atoms with Crippen LogP contribution in [0.2, 0.25) is 0 Å². The largest absolute Gasteiger partial charge is 0.416 e. The van der Waals surface area contributed by atoms with Gasteiger partial charge in [-0.25, -0.2) is 0 Å². The lowest BCUT2D eigenvalue weighted by atomic mass is 10.1. The molecule has 130 valence electrons. The van der Waals surface area contributed by atoms with Crippen molar-refractivity contribution in [2.24, 2.45) is 10.9 Å². The van der Waals surface area contributed by atoms with Gasteiger partial charge in [-0.1, -0.05) is 26.8 Å². The van der Waals surface area contributed by atoms with E-state index in [1.54, 1.807) is 16.8 Å². The van der Waals surface area contributed by atoms with E-state index in [1.807, 2.05) is 20.8 Å². The molecule has 0 saturated carbocycles. The van der Waals surface area contributed by atoms with E-state index in [-0.39, 0.29) is 11.8 Å². The van der Waals surface area contributed by atoms with Gasteiger partial charge in [0.15, 0.2) is 4.80 Å². The van der Waals surface area contributed by atoms with Crippen LogP contribution in [-0.4, -0.2) is 10.5 Å². The van der Waals surface area contributed by atoms with Crippen molar-refractivity contribution in [1.29, 1.82) is 0 Å². The summed E-state index contributed by atoms with van der Waals surface area (Å²) in [5.41, 5.74) is -0.381. The Morgan fingerprint density at radius 2 is 2.04 bits per heavy atom. The summed E-state index contributed by atoms with van der Waals surface area (Å²) in [6, 6.07) is 5.03. The normalized spacial score (nSPS) is 12.9. The molecular formula is C17H19F3N2OS. The Hall–Kier alpha value is -1.89. The Morgan fingerprint density at radius 1 is 1.33 bits per heavy atom. The molecule has 1 aromatic carbocycles. The van der Waals surface area contributed by atoms with Crippen LogP contribution in [0.15, 0.2) is 35.5 Å². The fourth-order valence-electron chi connectivity index (χ4n) is 2.15. The van der Waals surface area contributed by atoms with E-state index < -0.39 is 11.7 Å². The van der Waals surface area contributed by atoms with Crippen molar-refractivity contribution in [3.63, 3.8) is 0 Å². The topological polar surface area (TPSA) is 34.4 Å². The number of aromatic nitrogens is 1. The third-order valence-corrected chi connectivity index (χ3v) is 4.43. The minimum absolute atomic E-state index is 0.175. The summed E-state index contributed by atoms with van der Waals surface area (Å²) >= 11 is 1.32. The minimum atomic E-state index is -4.41. The van der Waals surface area contributed by atoms with Gasteiger partial charge in [0.05, 0.1) is 5.56 Å². The fraction of sp³-hybridized carbons (Fsp3) is 0.412. The molecule has 2 rings (SSSR count). The highest BCUT2D eigenvalue weighted by molar-refractivity contribution is 7.09. The van der Waals surface area contributed by atoms with Gasteiger partial charge in [-0.15, -0.1) is 11.3 Å². The van der Waals surface area contributed by atoms with Gasteiger partial charge in [-0.05, 0) is 30.5 Å². The molecule has 3 nitrogen and oxygen atoms in total. The number of aryl methyl sites for hydroxylation is 1. The van der Waals surface area contributed by atoms with E-state index in [2.05, 4.69) is 4.99 Å². The first-order chi connectivity index (χ1) is 11.2. The maximum Gasteiger partial charge on any atom is 0.416 e. The zero-order valence-electron chi connectivity index (χ0n) is 13.7. The lowest BCUT2D eigenvalue weighted by Crippen LogP contribution is -2.16. The molecule has 0 unspecified atom stereocenters. The van der Waals surface area contributed by atoms with Crippen LogP contribution in [0.4, 0.5) is 13.2 Å². The highest BCUT2D eigenvalue weighted by Gasteiger charge is 2.30. The van der Waals surface area contributed by atoms with Crippen LogP contribution in [0, 0.1) is 5.92 Å². The molecule has 2 aromatic rings. The summed E-state index contributed by atoms with van der Waals surface area (Å²) in [5.74, 6) is -0.0934. The quantitative estimate of drug-likeness (QED) is 0.789. The highest BCUT2D eigenvalue weighted by atomic mass is 32.1. The first-order valence-electron chi connectivity index (χ1n) is 7.67. The van der Waals surface area contributed by atoms with Gasteiger partial charge in [-0.2, -0.15) is 18.2 Å². The number of benzene rings is 1. The average Bonchev–Trinajstić information content (AvgIpc) is 2.88. The number of halogens is 3. The van der Waals surface area contributed by atoms with Gasteiger partial charge in [0.1, 0.15) is 0 Å². The zero-order valence-corrected chi connectivity index (χ0v) is 14.5. The van der Waals surface area contributed by atoms with Gasteiger partial charge in [0.25, 0.3) is 0 Å². The van der Waals surface area contributed by atoms with Crippen molar-refractivity contribution in [2.75, 3.05) is 0 Å². The van der Waals surface area contributed by atoms with Crippen molar-refractivity contribution < 1.29 is 18.0 Å². The van der Waals surface area contributed by atoms with Crippen molar-refractivity contribution in [1.82, 2.24) is 4.57 Å². The van der Waals surface area contributed by atoms with Crippen LogP contribution in [0.3, 0.4) is 0 Å². The van der Waals surface area contributed by atoms with E-state index in [4.69, 9.17) is 0 Å². The highest BCUT2D eigenvalue weighted by Crippen LogP contribution is 2.30. The van der Waals surface area contributed by atoms with Crippen molar-refractivity contribution in [3.8, 4) is 5.69 Å². The van der Waals surface area contributed by atoms with Crippen molar-refractivity contribution in [2.45, 2.75) is 39.8 Å². The number of carbonyl (C=O) groups excluding carboxylic acids is 1. The molecule has 0 spiro atoms. The Labute approximate surface area is 142 Å². The van der Waals surface area contributed by atoms with Crippen LogP contribution >= 0.6 is 11.3 Å². The van der Waals surface area contributed by atoms with E-state index in [0.717, 1.165) is 23.4 Å². The van der Waals surface area contributed by atoms with Gasteiger partial charge in [0, 0.05) is 23.2 Å². The van der Waals surface area contributed by atoms with Gasteiger partial charge < -0.3 is 0 Å². The predicted octanol–water partition coefficient (Wildman–Crippen LogP) is 4.59. The number of thiazole rings is 1. The smallest absolute Gasteiger partial charge is 0.292 e. The fourth-order valence-corrected chi connectivity index (χ4v) is 3.09. The van der Waals surface area contributed by atoms with Gasteiger partial charge >= 0.3 is 6.18 Å². The average molecular weight is 356 g/mol. The Morgan fingerprint density at radius 3 is 2.62 bits per heavy atom. The summed E-state index contributed by atoms with van der Waals surface area (Å²) in [6.45, 7) is 5.78. The van der Waals surface area contributed by atoms with E-state index in [0.29, 0.717) is 16.9 Å². The number of alkyl halides is 3. The second kappa shape index (κ2) is 7.34. The maximum atomic E-state index is 12.9. The molecule has 0 saturated heterocycles. The molecule has 7 heteroatoms. The van der Waals surface area contributed by atoms with Crippen molar-refractivity contribution in [3.05, 3.63) is 45.7 Å². The van der Waals surface area contributed by atoms with Gasteiger partial charge in [-0.3, -0.25) is 9.36 Å². The third-order valence-electron chi connectivity index (χ3n) is 3.30. The number of hydrogen-bond donors (Lipinski definition) is 0. The van der Waals surface area contributed by atoms with Crippen LogP contribution < -0.4 is 4.80 Å². The summed E-state index contributed by atoms with van der Waals surface area (Å²) in [5, 5.41) is 0. The van der Waals surface area contributed by atoms with Crippen LogP contribution in [0.1, 0.15) is 37.6 Å². The van der Waals surface area contributed by atoms with E-state index >= 15 is 0 Å². The molecule has 24 heavy (non-hydrogen) atoms. The van der Waals surface area contributed by atoms with E-state index in [9.17, 15) is 18.0 Å². The molecule has 0 fully saturated rings. The third kappa shape index (κ3) is 4.56. The summed E-state index contributed by atoms with van der Waals surface area (Å²) in [4.78, 5) is 17.4. The van der Waals surface area contributed by atoms with Crippen LogP contribution in [0.25, 0.3) is 5.69 Å². The van der Waals surface area contributed by atoms with Crippen LogP contribution in [-0.2, 0) is 17.4 Å². The summed E-state index contributed by atoms with van der Waals surface area (Å²) in [7, 11) is 0. The first-order valence-corrected chi connectivity index (χ1v) is 8.49. The molecule has 0 aliphatic carbocycles. The molecule has 0 aliphatic heterocycles. The molecule has 1 aromatic heterocycles. The predicted molar refractivity (Wildman–Crippen MR) is 88.1 cm³/mol. The van der Waals surface area contributed by atoms with Crippen molar-refractivity contribution >= 4 is 17.2 Å². The molecule has 1 heterocycles. The summed E-state index contributed by atoms with van der Waals surface area (Å²) < 4.78 is 40.3. The molecule has 0 atom stereocenters. The Balaban J connectivity index is 2.53. The molecule has 0 aliphatic rings. The van der Waals surface area contributed by atoms with Crippen LogP contribution in [0.5, 0.6) is 0 Å². The molecule has 0 radical (unpaired) electrons. The minimum Gasteiger partial charge on any atom is -0.292 e. The second-order valence-corrected chi connectivity index (χ2v) is 6.95. The number of carbonyl (C=O) groups is 1. The first kappa shape index (κ1) is 18.4. The zero-order chi connectivity index (χ0) is 17.9. The second-order valence-electron chi connectivity index (χ2n) is 5.86.